The number of fused-ring (bicyclic) bond motifs is 1. The van der Waals surface area contributed by atoms with E-state index in [2.05, 4.69) is 13.8 Å². The van der Waals surface area contributed by atoms with Gasteiger partial charge in [0.15, 0.2) is 0 Å². The molecule has 2 fully saturated rings. The van der Waals surface area contributed by atoms with E-state index in [0.29, 0.717) is 23.5 Å². The van der Waals surface area contributed by atoms with Crippen LogP contribution in [0.4, 0.5) is 0 Å². The van der Waals surface area contributed by atoms with Crippen molar-refractivity contribution in [2.75, 3.05) is 0 Å². The van der Waals surface area contributed by atoms with Crippen molar-refractivity contribution >= 4 is 11.6 Å². The molecular formula is C16H26O2. The van der Waals surface area contributed by atoms with Crippen LogP contribution in [0, 0.1) is 23.2 Å². The Balaban J connectivity index is 2.14. The summed E-state index contributed by atoms with van der Waals surface area (Å²) in [5, 5.41) is 0. The van der Waals surface area contributed by atoms with Crippen molar-refractivity contribution in [3.05, 3.63) is 0 Å². The van der Waals surface area contributed by atoms with Crippen LogP contribution in [0.3, 0.4) is 0 Å². The minimum atomic E-state index is 0.171. The number of Topliss-reactive ketones (excluding diaryl/α,β-unsaturated/α-hetero) is 2. The van der Waals surface area contributed by atoms with Crippen LogP contribution < -0.4 is 0 Å². The highest BCUT2D eigenvalue weighted by Crippen LogP contribution is 2.58. The Kier molecular flexibility index (Phi) is 3.93. The van der Waals surface area contributed by atoms with Gasteiger partial charge in [-0.1, -0.05) is 20.3 Å². The zero-order chi connectivity index (χ0) is 13.3. The van der Waals surface area contributed by atoms with Gasteiger partial charge in [0, 0.05) is 18.8 Å². The fourth-order valence-electron chi connectivity index (χ4n) is 4.59. The van der Waals surface area contributed by atoms with Gasteiger partial charge in [0.05, 0.1) is 0 Å². The molecule has 2 rings (SSSR count). The average Bonchev–Trinajstić information content (AvgIpc) is 2.65. The maximum atomic E-state index is 12.2. The van der Waals surface area contributed by atoms with Crippen LogP contribution in [0.2, 0.25) is 0 Å². The number of hydrogen-bond acceptors (Lipinski definition) is 2. The Morgan fingerprint density at radius 3 is 2.72 bits per heavy atom. The first-order valence-electron chi connectivity index (χ1n) is 7.51. The number of hydrogen-bond donors (Lipinski definition) is 0. The zero-order valence-electron chi connectivity index (χ0n) is 12.0. The predicted molar refractivity (Wildman–Crippen MR) is 72.3 cm³/mol. The molecule has 0 N–H and O–H groups in total. The van der Waals surface area contributed by atoms with Crippen molar-refractivity contribution in [2.45, 2.75) is 65.7 Å². The zero-order valence-corrected chi connectivity index (χ0v) is 12.0. The minimum Gasteiger partial charge on any atom is -0.300 e. The SMILES string of the molecule is CCC1CCC2C(CCC(C)=O)C(=O)CCC12C. The molecule has 0 amide bonds. The van der Waals surface area contributed by atoms with Crippen molar-refractivity contribution in [1.29, 1.82) is 0 Å². The van der Waals surface area contributed by atoms with Crippen LogP contribution in [0.15, 0.2) is 0 Å². The molecular weight excluding hydrogens is 224 g/mol. The summed E-state index contributed by atoms with van der Waals surface area (Å²) in [4.78, 5) is 23.3. The van der Waals surface area contributed by atoms with Gasteiger partial charge in [-0.15, -0.1) is 0 Å². The monoisotopic (exact) mass is 250 g/mol. The molecule has 0 bridgehead atoms. The van der Waals surface area contributed by atoms with E-state index >= 15 is 0 Å². The number of carbonyl (C=O) groups is 2. The normalized spacial score (nSPS) is 39.7. The van der Waals surface area contributed by atoms with Crippen LogP contribution in [-0.2, 0) is 9.59 Å². The molecule has 2 aliphatic rings. The van der Waals surface area contributed by atoms with Gasteiger partial charge in [-0.2, -0.15) is 0 Å². The molecule has 2 heteroatoms. The van der Waals surface area contributed by atoms with Crippen molar-refractivity contribution in [1.82, 2.24) is 0 Å². The van der Waals surface area contributed by atoms with Gasteiger partial charge < -0.3 is 4.79 Å². The molecule has 4 atom stereocenters. The third kappa shape index (κ3) is 2.26. The maximum absolute atomic E-state index is 12.2. The lowest BCUT2D eigenvalue weighted by atomic mass is 9.59. The Bertz CT molecular complexity index is 347. The van der Waals surface area contributed by atoms with Crippen molar-refractivity contribution in [3.8, 4) is 0 Å². The molecule has 0 spiro atoms. The molecule has 0 aliphatic heterocycles. The highest BCUT2D eigenvalue weighted by atomic mass is 16.1. The lowest BCUT2D eigenvalue weighted by Crippen LogP contribution is -2.41. The van der Waals surface area contributed by atoms with Gasteiger partial charge in [-0.25, -0.2) is 0 Å². The average molecular weight is 250 g/mol. The molecule has 0 heterocycles. The topological polar surface area (TPSA) is 34.1 Å². The van der Waals surface area contributed by atoms with Gasteiger partial charge in [-0.05, 0) is 49.9 Å². The Labute approximate surface area is 111 Å². The first-order chi connectivity index (χ1) is 8.49. The van der Waals surface area contributed by atoms with E-state index in [9.17, 15) is 9.59 Å². The lowest BCUT2D eigenvalue weighted by molar-refractivity contribution is -0.132. The van der Waals surface area contributed by atoms with Gasteiger partial charge in [0.1, 0.15) is 11.6 Å². The molecule has 0 aromatic rings. The molecule has 18 heavy (non-hydrogen) atoms. The molecule has 2 nitrogen and oxygen atoms in total. The summed E-state index contributed by atoms with van der Waals surface area (Å²) in [6.45, 7) is 6.31. The summed E-state index contributed by atoms with van der Waals surface area (Å²) in [5.74, 6) is 2.15. The largest absolute Gasteiger partial charge is 0.300 e. The number of rotatable bonds is 4. The highest BCUT2D eigenvalue weighted by Gasteiger charge is 2.52. The van der Waals surface area contributed by atoms with Crippen LogP contribution in [-0.4, -0.2) is 11.6 Å². The lowest BCUT2D eigenvalue weighted by Gasteiger charge is -2.44. The van der Waals surface area contributed by atoms with E-state index in [4.69, 9.17) is 0 Å². The van der Waals surface area contributed by atoms with Gasteiger partial charge in [0.2, 0.25) is 0 Å². The summed E-state index contributed by atoms with van der Waals surface area (Å²) >= 11 is 0. The second-order valence-corrected chi connectivity index (χ2v) is 6.61. The third-order valence-electron chi connectivity index (χ3n) is 5.72. The smallest absolute Gasteiger partial charge is 0.136 e. The molecule has 0 saturated heterocycles. The molecule has 4 unspecified atom stereocenters. The standard InChI is InChI=1S/C16H26O2/c1-4-12-6-8-14-13(7-5-11(2)17)15(18)9-10-16(12,14)3/h12-14H,4-10H2,1-3H3. The minimum absolute atomic E-state index is 0.171. The van der Waals surface area contributed by atoms with Crippen LogP contribution in [0.25, 0.3) is 0 Å². The molecule has 0 aromatic carbocycles. The van der Waals surface area contributed by atoms with Crippen LogP contribution >= 0.6 is 0 Å². The van der Waals surface area contributed by atoms with Crippen molar-refractivity contribution < 1.29 is 9.59 Å². The van der Waals surface area contributed by atoms with E-state index in [1.54, 1.807) is 6.92 Å². The van der Waals surface area contributed by atoms with E-state index in [0.717, 1.165) is 25.2 Å². The molecule has 102 valence electrons. The fraction of sp³-hybridized carbons (Fsp3) is 0.875. The summed E-state index contributed by atoms with van der Waals surface area (Å²) < 4.78 is 0. The summed E-state index contributed by atoms with van der Waals surface area (Å²) in [6, 6.07) is 0. The van der Waals surface area contributed by atoms with Crippen molar-refractivity contribution in [2.24, 2.45) is 23.2 Å². The summed E-state index contributed by atoms with van der Waals surface area (Å²) in [6.07, 6.45) is 6.91. The van der Waals surface area contributed by atoms with E-state index in [-0.39, 0.29) is 11.7 Å². The van der Waals surface area contributed by atoms with Gasteiger partial charge >= 0.3 is 0 Å². The second-order valence-electron chi connectivity index (χ2n) is 6.61. The Morgan fingerprint density at radius 1 is 1.39 bits per heavy atom. The van der Waals surface area contributed by atoms with Crippen molar-refractivity contribution in [3.63, 3.8) is 0 Å². The quantitative estimate of drug-likeness (QED) is 0.761. The Hall–Kier alpha value is -0.660. The van der Waals surface area contributed by atoms with Crippen LogP contribution in [0.5, 0.6) is 0 Å². The van der Waals surface area contributed by atoms with Gasteiger partial charge in [-0.3, -0.25) is 4.79 Å². The first kappa shape index (κ1) is 13.8. The second kappa shape index (κ2) is 5.14. The first-order valence-corrected chi connectivity index (χ1v) is 7.51. The maximum Gasteiger partial charge on any atom is 0.136 e. The van der Waals surface area contributed by atoms with E-state index < -0.39 is 0 Å². The molecule has 2 saturated carbocycles. The van der Waals surface area contributed by atoms with Crippen LogP contribution in [0.1, 0.15) is 65.7 Å². The molecule has 2 aliphatic carbocycles. The van der Waals surface area contributed by atoms with Gasteiger partial charge in [0.25, 0.3) is 0 Å². The number of ketones is 2. The molecule has 0 aromatic heterocycles. The molecule has 0 radical (unpaired) electrons. The summed E-state index contributed by atoms with van der Waals surface area (Å²) in [5.41, 5.74) is 0.365. The van der Waals surface area contributed by atoms with E-state index in [1.807, 2.05) is 0 Å². The fourth-order valence-corrected chi connectivity index (χ4v) is 4.59. The Morgan fingerprint density at radius 2 is 2.11 bits per heavy atom. The summed E-state index contributed by atoms with van der Waals surface area (Å²) in [7, 11) is 0. The number of carbonyl (C=O) groups excluding carboxylic acids is 2. The third-order valence-corrected chi connectivity index (χ3v) is 5.72. The van der Waals surface area contributed by atoms with E-state index in [1.165, 1.54) is 19.3 Å². The predicted octanol–water partition coefficient (Wildman–Crippen LogP) is 3.78. The highest BCUT2D eigenvalue weighted by molar-refractivity contribution is 5.83.